The number of alkyl halides is 1. The smallest absolute Gasteiger partial charge is 0.459 e. The molecule has 36 heavy (non-hydrogen) atoms. The van der Waals surface area contributed by atoms with Crippen molar-refractivity contribution in [1.82, 2.24) is 14.6 Å². The van der Waals surface area contributed by atoms with Gasteiger partial charge >= 0.3 is 19.4 Å². The Kier molecular flexibility index (Phi) is 8.86. The lowest BCUT2D eigenvalue weighted by Crippen LogP contribution is -2.45. The molecule has 0 aliphatic carbocycles. The summed E-state index contributed by atoms with van der Waals surface area (Å²) in [5.74, 6) is -0.518. The molecule has 12 nitrogen and oxygen atoms in total. The first-order valence-electron chi connectivity index (χ1n) is 10.9. The van der Waals surface area contributed by atoms with Gasteiger partial charge in [-0.3, -0.25) is 23.7 Å². The number of aliphatic hydroxyl groups excluding tert-OH is 1. The van der Waals surface area contributed by atoms with Crippen LogP contribution in [-0.2, 0) is 23.4 Å². The summed E-state index contributed by atoms with van der Waals surface area (Å²) in [6.07, 6.45) is -3.58. The van der Waals surface area contributed by atoms with Gasteiger partial charge in [-0.15, -0.1) is 11.6 Å². The second-order valence-electron chi connectivity index (χ2n) is 8.35. The van der Waals surface area contributed by atoms with Crippen molar-refractivity contribution in [3.63, 3.8) is 0 Å². The second kappa shape index (κ2) is 11.3. The molecule has 15 heteroatoms. The van der Waals surface area contributed by atoms with Crippen molar-refractivity contribution in [1.29, 1.82) is 0 Å². The maximum atomic E-state index is 13.6. The van der Waals surface area contributed by atoms with E-state index in [2.05, 4.69) is 5.09 Å². The molecule has 2 radical (unpaired) electrons. The molecule has 0 spiro atoms. The first-order chi connectivity index (χ1) is 16.8. The van der Waals surface area contributed by atoms with Crippen LogP contribution in [-0.4, -0.2) is 64.2 Å². The molecule has 1 saturated heterocycles. The molecule has 194 valence electrons. The molecule has 1 aliphatic rings. The lowest BCUT2D eigenvalue weighted by atomic mass is 9.79. The highest BCUT2D eigenvalue weighted by atomic mass is 35.5. The molecule has 0 bridgehead atoms. The summed E-state index contributed by atoms with van der Waals surface area (Å²) in [7, 11) is 1.77. The standard InChI is InChI=1S/C21H26BClN3O9P/c1-12(2)33-18(29)13(3)25-36(31,35-14-7-5-4-6-8-14)32-11-15-17(28)21(22,23)19(34-15)26-10-9-16(27)24-20(26)30/h4-10,12-13,15,17,19,28H,11H2,1-3H3,(H,25,31)(H,24,27,30)/t13-,15+,17+,19+,21-,36+/m0/s1. The van der Waals surface area contributed by atoms with Gasteiger partial charge in [0.15, 0.2) is 6.23 Å². The number of ether oxygens (including phenoxy) is 2. The second-order valence-corrected chi connectivity index (χ2v) is 10.7. The van der Waals surface area contributed by atoms with Gasteiger partial charge in [-0.25, -0.2) is 9.36 Å². The minimum absolute atomic E-state index is 0.175. The fraction of sp³-hybridized carbons (Fsp3) is 0.476. The van der Waals surface area contributed by atoms with Gasteiger partial charge in [0.25, 0.3) is 5.56 Å². The number of H-pyrrole nitrogens is 1. The molecule has 1 aliphatic heterocycles. The third kappa shape index (κ3) is 6.67. The summed E-state index contributed by atoms with van der Waals surface area (Å²) in [5.41, 5.74) is -1.52. The molecule has 2 aromatic rings. The van der Waals surface area contributed by atoms with Gasteiger partial charge in [-0.2, -0.15) is 5.09 Å². The molecule has 2 heterocycles. The van der Waals surface area contributed by atoms with Crippen LogP contribution >= 0.6 is 19.3 Å². The number of nitrogens with zero attached hydrogens (tertiary/aromatic N) is 1. The van der Waals surface area contributed by atoms with Gasteiger partial charge in [-0.05, 0) is 32.9 Å². The third-order valence-electron chi connectivity index (χ3n) is 5.03. The van der Waals surface area contributed by atoms with Crippen molar-refractivity contribution >= 4 is 33.2 Å². The topological polar surface area (TPSA) is 158 Å². The maximum Gasteiger partial charge on any atom is 0.459 e. The van der Waals surface area contributed by atoms with E-state index in [4.69, 9.17) is 38.0 Å². The predicted octanol–water partition coefficient (Wildman–Crippen LogP) is 1.03. The first kappa shape index (κ1) is 28.2. The van der Waals surface area contributed by atoms with Crippen LogP contribution in [0.1, 0.15) is 27.0 Å². The number of halogens is 1. The van der Waals surface area contributed by atoms with Gasteiger partial charge in [0, 0.05) is 12.3 Å². The third-order valence-corrected chi connectivity index (χ3v) is 7.08. The summed E-state index contributed by atoms with van der Waals surface area (Å²) >= 11 is 6.30. The van der Waals surface area contributed by atoms with Gasteiger partial charge in [0.2, 0.25) is 0 Å². The Morgan fingerprint density at radius 1 is 1.31 bits per heavy atom. The van der Waals surface area contributed by atoms with Crippen molar-refractivity contribution in [2.45, 2.75) is 56.1 Å². The Morgan fingerprint density at radius 2 is 1.97 bits per heavy atom. The maximum absolute atomic E-state index is 13.6. The number of rotatable bonds is 10. The zero-order valence-corrected chi connectivity index (χ0v) is 21.3. The Labute approximate surface area is 212 Å². The number of aromatic amines is 1. The van der Waals surface area contributed by atoms with Crippen LogP contribution in [0.4, 0.5) is 0 Å². The van der Waals surface area contributed by atoms with E-state index in [9.17, 15) is 24.1 Å². The number of carbonyl (C=O) groups excluding carboxylic acids is 1. The number of benzene rings is 1. The van der Waals surface area contributed by atoms with Crippen LogP contribution < -0.4 is 20.9 Å². The molecule has 3 rings (SSSR count). The summed E-state index contributed by atoms with van der Waals surface area (Å²) in [6, 6.07) is 8.02. The largest absolute Gasteiger partial charge is 0.462 e. The van der Waals surface area contributed by atoms with Crippen molar-refractivity contribution in [2.75, 3.05) is 6.61 Å². The van der Waals surface area contributed by atoms with Crippen LogP contribution in [0.25, 0.3) is 0 Å². The van der Waals surface area contributed by atoms with Gasteiger partial charge < -0.3 is 19.1 Å². The van der Waals surface area contributed by atoms with Crippen LogP contribution in [0.15, 0.2) is 52.2 Å². The minimum Gasteiger partial charge on any atom is -0.462 e. The number of aliphatic hydroxyl groups is 1. The van der Waals surface area contributed by atoms with E-state index in [1.165, 1.54) is 19.1 Å². The van der Waals surface area contributed by atoms with E-state index < -0.39 is 66.9 Å². The first-order valence-corrected chi connectivity index (χ1v) is 12.8. The Morgan fingerprint density at radius 3 is 2.58 bits per heavy atom. The Bertz CT molecular complexity index is 1220. The van der Waals surface area contributed by atoms with Gasteiger partial charge in [0.1, 0.15) is 25.7 Å². The molecular weight excluding hydrogens is 515 g/mol. The van der Waals surface area contributed by atoms with E-state index in [1.807, 2.05) is 4.98 Å². The average molecular weight is 542 g/mol. The zero-order valence-electron chi connectivity index (χ0n) is 19.7. The number of esters is 1. The predicted molar refractivity (Wildman–Crippen MR) is 130 cm³/mol. The molecule has 0 saturated carbocycles. The van der Waals surface area contributed by atoms with Crippen LogP contribution in [0.5, 0.6) is 5.75 Å². The molecule has 1 aromatic carbocycles. The molecule has 0 amide bonds. The normalized spacial score (nSPS) is 26.3. The number of nitrogens with one attached hydrogen (secondary N) is 2. The van der Waals surface area contributed by atoms with Crippen molar-refractivity contribution in [3.05, 3.63) is 63.4 Å². The van der Waals surface area contributed by atoms with Gasteiger partial charge in [-0.1, -0.05) is 18.2 Å². The lowest BCUT2D eigenvalue weighted by molar-refractivity contribution is -0.149. The lowest BCUT2D eigenvalue weighted by Gasteiger charge is -2.27. The fourth-order valence-electron chi connectivity index (χ4n) is 3.30. The molecule has 3 N–H and O–H groups in total. The minimum atomic E-state index is -4.27. The number of para-hydroxylation sites is 1. The van der Waals surface area contributed by atoms with E-state index in [1.54, 1.807) is 32.0 Å². The van der Waals surface area contributed by atoms with Crippen LogP contribution in [0.2, 0.25) is 0 Å². The fourth-order valence-corrected chi connectivity index (χ4v) is 5.10. The molecular formula is C21H26BClN3O9P. The summed E-state index contributed by atoms with van der Waals surface area (Å²) in [4.78, 5) is 37.9. The molecule has 1 aromatic heterocycles. The van der Waals surface area contributed by atoms with Crippen LogP contribution in [0, 0.1) is 0 Å². The number of carbonyl (C=O) groups is 1. The Hall–Kier alpha value is -2.41. The summed E-state index contributed by atoms with van der Waals surface area (Å²) < 4.78 is 34.3. The van der Waals surface area contributed by atoms with E-state index in [0.717, 1.165) is 16.8 Å². The van der Waals surface area contributed by atoms with Crippen LogP contribution in [0.3, 0.4) is 0 Å². The number of aromatic nitrogens is 2. The average Bonchev–Trinajstić information content (AvgIpc) is 3.01. The SMILES string of the molecule is [B][C@]1(Cl)[C@H](O)[C@@H](CO[P@](=O)(N[C@@H](C)C(=O)OC(C)C)Oc2ccccc2)O[C@H]1n1ccc(=O)[nH]c1=O. The highest BCUT2D eigenvalue weighted by Gasteiger charge is 2.53. The zero-order chi connectivity index (χ0) is 26.7. The molecule has 1 fully saturated rings. The number of hydrogen-bond donors (Lipinski definition) is 3. The van der Waals surface area contributed by atoms with Crippen molar-refractivity contribution in [3.8, 4) is 5.75 Å². The van der Waals surface area contributed by atoms with Crippen molar-refractivity contribution < 1.29 is 33.0 Å². The highest BCUT2D eigenvalue weighted by molar-refractivity contribution is 7.52. The summed E-state index contributed by atoms with van der Waals surface area (Å²) in [6.45, 7) is 4.17. The van der Waals surface area contributed by atoms with E-state index in [0.29, 0.717) is 0 Å². The quantitative estimate of drug-likeness (QED) is 0.172. The van der Waals surface area contributed by atoms with E-state index in [-0.39, 0.29) is 5.75 Å². The Balaban J connectivity index is 1.80. The number of hydrogen-bond acceptors (Lipinski definition) is 9. The molecule has 6 atom stereocenters. The van der Waals surface area contributed by atoms with Gasteiger partial charge in [0.05, 0.1) is 23.6 Å². The van der Waals surface area contributed by atoms with Crippen molar-refractivity contribution in [2.24, 2.45) is 0 Å². The molecule has 0 unspecified atom stereocenters. The van der Waals surface area contributed by atoms with E-state index >= 15 is 0 Å². The monoisotopic (exact) mass is 541 g/mol. The highest BCUT2D eigenvalue weighted by Crippen LogP contribution is 2.47. The summed E-state index contributed by atoms with van der Waals surface area (Å²) in [5, 5.41) is 13.2.